The van der Waals surface area contributed by atoms with Gasteiger partial charge in [-0.15, -0.1) is 0 Å². The van der Waals surface area contributed by atoms with E-state index in [0.29, 0.717) is 13.2 Å². The van der Waals surface area contributed by atoms with Crippen molar-refractivity contribution in [1.29, 1.82) is 0 Å². The number of ether oxygens (including phenoxy) is 2. The van der Waals surface area contributed by atoms with Gasteiger partial charge in [0, 0.05) is 37.8 Å². The molecule has 0 saturated carbocycles. The smallest absolute Gasteiger partial charge is 0.307 e. The molecule has 33 heavy (non-hydrogen) atoms. The average Bonchev–Trinajstić information content (AvgIpc) is 2.80. The highest BCUT2D eigenvalue weighted by molar-refractivity contribution is 5.71. The molecule has 1 heterocycles. The lowest BCUT2D eigenvalue weighted by Gasteiger charge is -2.49. The lowest BCUT2D eigenvalue weighted by atomic mass is 9.94. The van der Waals surface area contributed by atoms with E-state index in [2.05, 4.69) is 41.0 Å². The van der Waals surface area contributed by atoms with E-state index in [1.165, 1.54) is 5.56 Å². The number of nitrogens with zero attached hydrogens (tertiary/aromatic N) is 2. The molecule has 1 aliphatic heterocycles. The quantitative estimate of drug-likeness (QED) is 0.504. The van der Waals surface area contributed by atoms with Crippen LogP contribution in [0.2, 0.25) is 0 Å². The summed E-state index contributed by atoms with van der Waals surface area (Å²) in [6, 6.07) is 20.5. The van der Waals surface area contributed by atoms with Gasteiger partial charge in [-0.3, -0.25) is 19.4 Å². The van der Waals surface area contributed by atoms with Gasteiger partial charge in [-0.25, -0.2) is 0 Å². The molecule has 0 radical (unpaired) electrons. The molecule has 6 nitrogen and oxygen atoms in total. The van der Waals surface area contributed by atoms with Gasteiger partial charge >= 0.3 is 11.9 Å². The van der Waals surface area contributed by atoms with Crippen LogP contribution in [-0.4, -0.2) is 60.1 Å². The van der Waals surface area contributed by atoms with Crippen LogP contribution < -0.4 is 0 Å². The molecule has 2 aromatic carbocycles. The van der Waals surface area contributed by atoms with Crippen LogP contribution in [0.5, 0.6) is 0 Å². The van der Waals surface area contributed by atoms with Crippen molar-refractivity contribution in [1.82, 2.24) is 9.80 Å². The predicted molar refractivity (Wildman–Crippen MR) is 128 cm³/mol. The Hall–Kier alpha value is -2.70. The third kappa shape index (κ3) is 7.14. The molecule has 178 valence electrons. The molecular formula is C27H36N2O4. The molecule has 1 saturated heterocycles. The zero-order chi connectivity index (χ0) is 23.6. The van der Waals surface area contributed by atoms with Crippen LogP contribution >= 0.6 is 0 Å². The summed E-state index contributed by atoms with van der Waals surface area (Å²) in [7, 11) is 0. The average molecular weight is 453 g/mol. The van der Waals surface area contributed by atoms with Crippen molar-refractivity contribution in [3.05, 3.63) is 71.8 Å². The maximum atomic E-state index is 12.6. The number of piperazine rings is 1. The first-order chi connectivity index (χ1) is 16.0. The van der Waals surface area contributed by atoms with E-state index in [0.717, 1.165) is 25.2 Å². The molecule has 0 aromatic heterocycles. The highest BCUT2D eigenvalue weighted by Gasteiger charge is 2.40. The van der Waals surface area contributed by atoms with Crippen LogP contribution in [0.1, 0.15) is 50.8 Å². The van der Waals surface area contributed by atoms with Crippen LogP contribution in [0.15, 0.2) is 60.7 Å². The van der Waals surface area contributed by atoms with E-state index in [9.17, 15) is 9.59 Å². The minimum Gasteiger partial charge on any atom is -0.466 e. The number of hydrogen-bond donors (Lipinski definition) is 0. The Morgan fingerprint density at radius 1 is 0.848 bits per heavy atom. The predicted octanol–water partition coefficient (Wildman–Crippen LogP) is 4.21. The van der Waals surface area contributed by atoms with E-state index in [1.807, 2.05) is 50.2 Å². The molecule has 0 bridgehead atoms. The Balaban J connectivity index is 1.90. The van der Waals surface area contributed by atoms with Crippen molar-refractivity contribution in [3.8, 4) is 0 Å². The second kappa shape index (κ2) is 12.5. The zero-order valence-corrected chi connectivity index (χ0v) is 20.0. The van der Waals surface area contributed by atoms with Crippen molar-refractivity contribution in [2.75, 3.05) is 26.3 Å². The lowest BCUT2D eigenvalue weighted by Crippen LogP contribution is -2.60. The molecule has 0 aliphatic carbocycles. The lowest BCUT2D eigenvalue weighted by molar-refractivity contribution is -0.148. The fraction of sp³-hybridized carbons (Fsp3) is 0.481. The summed E-state index contributed by atoms with van der Waals surface area (Å²) < 4.78 is 10.6. The molecule has 3 rings (SSSR count). The first-order valence-corrected chi connectivity index (χ1v) is 11.9. The molecule has 6 heteroatoms. The number of carbonyl (C=O) groups excluding carboxylic acids is 2. The van der Waals surface area contributed by atoms with Gasteiger partial charge in [0.25, 0.3) is 0 Å². The molecule has 0 spiro atoms. The summed E-state index contributed by atoms with van der Waals surface area (Å²) in [6.07, 6.45) is 0.575. The molecule has 2 aromatic rings. The molecule has 0 amide bonds. The van der Waals surface area contributed by atoms with Crippen LogP contribution in [0, 0.1) is 0 Å². The molecule has 1 fully saturated rings. The highest BCUT2D eigenvalue weighted by Crippen LogP contribution is 2.32. The molecule has 1 unspecified atom stereocenters. The van der Waals surface area contributed by atoms with Crippen LogP contribution in [0.3, 0.4) is 0 Å². The van der Waals surface area contributed by atoms with Gasteiger partial charge in [-0.2, -0.15) is 0 Å². The van der Waals surface area contributed by atoms with Crippen molar-refractivity contribution in [2.45, 2.75) is 58.3 Å². The van der Waals surface area contributed by atoms with Gasteiger partial charge in [0.15, 0.2) is 0 Å². The van der Waals surface area contributed by atoms with Crippen LogP contribution in [0.25, 0.3) is 0 Å². The third-order valence-electron chi connectivity index (χ3n) is 6.17. The largest absolute Gasteiger partial charge is 0.466 e. The minimum absolute atomic E-state index is 0.0453. The van der Waals surface area contributed by atoms with Crippen molar-refractivity contribution in [3.63, 3.8) is 0 Å². The minimum atomic E-state index is -0.204. The monoisotopic (exact) mass is 452 g/mol. The van der Waals surface area contributed by atoms with E-state index in [4.69, 9.17) is 9.47 Å². The number of benzene rings is 2. The Bertz CT molecular complexity index is 844. The summed E-state index contributed by atoms with van der Waals surface area (Å²) in [5.41, 5.74) is 2.38. The summed E-state index contributed by atoms with van der Waals surface area (Å²) in [6.45, 7) is 8.75. The topological polar surface area (TPSA) is 59.1 Å². The van der Waals surface area contributed by atoms with Crippen LogP contribution in [-0.2, 0) is 25.6 Å². The van der Waals surface area contributed by atoms with E-state index in [-0.39, 0.29) is 42.9 Å². The number of rotatable bonds is 10. The summed E-state index contributed by atoms with van der Waals surface area (Å²) in [5, 5.41) is 0. The molecule has 0 N–H and O–H groups in total. The maximum absolute atomic E-state index is 12.6. The van der Waals surface area contributed by atoms with E-state index < -0.39 is 0 Å². The summed E-state index contributed by atoms with van der Waals surface area (Å²) in [5.74, 6) is -0.409. The first kappa shape index (κ1) is 24.9. The van der Waals surface area contributed by atoms with Crippen molar-refractivity contribution < 1.29 is 19.1 Å². The second-order valence-electron chi connectivity index (χ2n) is 8.54. The standard InChI is InChI=1S/C27H36N2O4/c1-4-32-26(30)16-24-19-28(18-22-12-8-6-9-13-22)20-25(17-27(31)33-5-2)29(24)21(3)23-14-10-7-11-15-23/h6-15,21,24-25H,4-5,16-20H2,1-3H3/t21-,24-,25?/m1/s1. The van der Waals surface area contributed by atoms with Gasteiger partial charge in [0.2, 0.25) is 0 Å². The SMILES string of the molecule is CCOC(=O)CC1CN(Cc2ccccc2)C[C@@H](CC(=O)OCC)N1[C@H](C)c1ccccc1. The fourth-order valence-corrected chi connectivity index (χ4v) is 4.83. The highest BCUT2D eigenvalue weighted by atomic mass is 16.5. The number of carbonyl (C=O) groups is 2. The van der Waals surface area contributed by atoms with Crippen molar-refractivity contribution in [2.24, 2.45) is 0 Å². The Morgan fingerprint density at radius 3 is 1.82 bits per heavy atom. The number of esters is 2. The maximum Gasteiger partial charge on any atom is 0.307 e. The van der Waals surface area contributed by atoms with E-state index >= 15 is 0 Å². The fourth-order valence-electron chi connectivity index (χ4n) is 4.83. The van der Waals surface area contributed by atoms with Gasteiger partial charge in [-0.1, -0.05) is 60.7 Å². The van der Waals surface area contributed by atoms with Gasteiger partial charge in [-0.05, 0) is 31.9 Å². The third-order valence-corrected chi connectivity index (χ3v) is 6.17. The first-order valence-electron chi connectivity index (χ1n) is 11.9. The van der Waals surface area contributed by atoms with Crippen molar-refractivity contribution >= 4 is 11.9 Å². The van der Waals surface area contributed by atoms with Crippen LogP contribution in [0.4, 0.5) is 0 Å². The zero-order valence-electron chi connectivity index (χ0n) is 20.0. The second-order valence-corrected chi connectivity index (χ2v) is 8.54. The van der Waals surface area contributed by atoms with Gasteiger partial charge < -0.3 is 9.47 Å². The molecule has 1 aliphatic rings. The number of hydrogen-bond acceptors (Lipinski definition) is 6. The van der Waals surface area contributed by atoms with E-state index in [1.54, 1.807) is 0 Å². The summed E-state index contributed by atoms with van der Waals surface area (Å²) in [4.78, 5) is 29.8. The normalized spacial score (nSPS) is 20.2. The summed E-state index contributed by atoms with van der Waals surface area (Å²) >= 11 is 0. The Kier molecular flexibility index (Phi) is 9.46. The Morgan fingerprint density at radius 2 is 1.33 bits per heavy atom. The Labute approximate surface area is 197 Å². The molecule has 3 atom stereocenters. The van der Waals surface area contributed by atoms with Gasteiger partial charge in [0.05, 0.1) is 26.1 Å². The molecular weight excluding hydrogens is 416 g/mol. The van der Waals surface area contributed by atoms with Gasteiger partial charge in [0.1, 0.15) is 0 Å².